The highest BCUT2D eigenvalue weighted by atomic mass is 79.9. The quantitative estimate of drug-likeness (QED) is 0.398. The molecule has 1 amide bonds. The molecule has 0 bridgehead atoms. The van der Waals surface area contributed by atoms with Gasteiger partial charge in [0.15, 0.2) is 0 Å². The summed E-state index contributed by atoms with van der Waals surface area (Å²) < 4.78 is 51.5. The minimum Gasteiger partial charge on any atom is -0.486 e. The van der Waals surface area contributed by atoms with Gasteiger partial charge in [-0.05, 0) is 70.4 Å². The Hall–Kier alpha value is -2.22. The molecule has 180 valence electrons. The van der Waals surface area contributed by atoms with Gasteiger partial charge in [0.2, 0.25) is 0 Å². The Kier molecular flexibility index (Phi) is 7.98. The van der Waals surface area contributed by atoms with Crippen LogP contribution in [-0.4, -0.2) is 29.2 Å². The minimum absolute atomic E-state index is 0.111. The van der Waals surface area contributed by atoms with Crippen molar-refractivity contribution in [3.8, 4) is 5.75 Å². The number of carbonyl (C=O) groups excluding carboxylic acids is 1. The van der Waals surface area contributed by atoms with Gasteiger partial charge in [0.05, 0.1) is 5.56 Å². The molecule has 33 heavy (non-hydrogen) atoms. The zero-order valence-corrected chi connectivity index (χ0v) is 20.6. The molecule has 0 N–H and O–H groups in total. The number of hydrogen-bond donors (Lipinski definition) is 0. The summed E-state index contributed by atoms with van der Waals surface area (Å²) in [5.74, 6) is 0.336. The Bertz CT molecular complexity index is 941. The smallest absolute Gasteiger partial charge is 0.416 e. The normalized spacial score (nSPS) is 18.0. The van der Waals surface area contributed by atoms with Gasteiger partial charge >= 0.3 is 12.3 Å². The second-order valence-electron chi connectivity index (χ2n) is 9.21. The van der Waals surface area contributed by atoms with Crippen LogP contribution in [0.25, 0.3) is 0 Å². The van der Waals surface area contributed by atoms with Crippen LogP contribution in [0.2, 0.25) is 0 Å². The van der Waals surface area contributed by atoms with Gasteiger partial charge in [-0.25, -0.2) is 4.79 Å². The summed E-state index contributed by atoms with van der Waals surface area (Å²) in [4.78, 5) is 14.6. The first-order valence-electron chi connectivity index (χ1n) is 11.0. The van der Waals surface area contributed by atoms with E-state index in [-0.39, 0.29) is 12.1 Å². The predicted molar refractivity (Wildman–Crippen MR) is 124 cm³/mol. The zero-order chi connectivity index (χ0) is 24.2. The number of halogens is 4. The van der Waals surface area contributed by atoms with Gasteiger partial charge in [-0.2, -0.15) is 13.2 Å². The van der Waals surface area contributed by atoms with E-state index in [1.165, 1.54) is 12.1 Å². The Labute approximate surface area is 201 Å². The van der Waals surface area contributed by atoms with E-state index in [2.05, 4.69) is 15.9 Å². The molecule has 8 heteroatoms. The van der Waals surface area contributed by atoms with Crippen LogP contribution in [0.15, 0.2) is 53.0 Å². The molecule has 4 nitrogen and oxygen atoms in total. The highest BCUT2D eigenvalue weighted by Gasteiger charge is 2.34. The van der Waals surface area contributed by atoms with Crippen LogP contribution in [0.3, 0.4) is 0 Å². The molecule has 0 saturated carbocycles. The van der Waals surface area contributed by atoms with E-state index in [0.717, 1.165) is 41.4 Å². The molecule has 2 aromatic carbocycles. The number of hydrogen-bond acceptors (Lipinski definition) is 3. The minimum atomic E-state index is -4.41. The standard InChI is InChI=1S/C25H29BrF3NO3/c1-24(2,3)33-23(31)30-15-7-6-8-18(30)16-22(20-9-4-5-10-21(20)26)32-19-13-11-17(12-14-19)25(27,28)29/h4-5,9-14,18,22H,6-8,15-16H2,1-3H3/t18-,22-/m1/s1. The van der Waals surface area contributed by atoms with Crippen LogP contribution < -0.4 is 4.74 Å². The van der Waals surface area contributed by atoms with Crippen molar-refractivity contribution < 1.29 is 27.4 Å². The van der Waals surface area contributed by atoms with Crippen molar-refractivity contribution in [2.24, 2.45) is 0 Å². The van der Waals surface area contributed by atoms with Gasteiger partial charge in [-0.3, -0.25) is 0 Å². The molecule has 0 spiro atoms. The van der Waals surface area contributed by atoms with Crippen molar-refractivity contribution in [1.29, 1.82) is 0 Å². The fourth-order valence-corrected chi connectivity index (χ4v) is 4.46. The van der Waals surface area contributed by atoms with E-state index in [9.17, 15) is 18.0 Å². The Balaban J connectivity index is 1.85. The van der Waals surface area contributed by atoms with Gasteiger partial charge in [-0.15, -0.1) is 0 Å². The molecule has 2 aromatic rings. The number of piperidine rings is 1. The maximum absolute atomic E-state index is 12.9. The topological polar surface area (TPSA) is 38.8 Å². The number of benzene rings is 2. The first-order chi connectivity index (χ1) is 15.4. The number of amides is 1. The highest BCUT2D eigenvalue weighted by Crippen LogP contribution is 2.36. The molecule has 0 aliphatic carbocycles. The average molecular weight is 528 g/mol. The molecule has 1 aliphatic heterocycles. The van der Waals surface area contributed by atoms with Crippen LogP contribution in [-0.2, 0) is 10.9 Å². The lowest BCUT2D eigenvalue weighted by Gasteiger charge is -2.38. The third kappa shape index (κ3) is 7.13. The van der Waals surface area contributed by atoms with Gasteiger partial charge in [0.1, 0.15) is 17.5 Å². The summed E-state index contributed by atoms with van der Waals surface area (Å²) in [6, 6.07) is 12.2. The van der Waals surface area contributed by atoms with Crippen molar-refractivity contribution in [1.82, 2.24) is 4.90 Å². The lowest BCUT2D eigenvalue weighted by Crippen LogP contribution is -2.47. The second-order valence-corrected chi connectivity index (χ2v) is 10.1. The molecule has 3 rings (SSSR count). The fraction of sp³-hybridized carbons (Fsp3) is 0.480. The maximum atomic E-state index is 12.9. The molecule has 1 fully saturated rings. The molecule has 0 aromatic heterocycles. The Morgan fingerprint density at radius 1 is 1.09 bits per heavy atom. The molecule has 0 unspecified atom stereocenters. The molecule has 1 aliphatic rings. The van der Waals surface area contributed by atoms with Gasteiger partial charge < -0.3 is 14.4 Å². The summed E-state index contributed by atoms with van der Waals surface area (Å²) in [7, 11) is 0. The Morgan fingerprint density at radius 2 is 1.76 bits per heavy atom. The van der Waals surface area contributed by atoms with Crippen molar-refractivity contribution in [2.45, 2.75) is 70.4 Å². The summed E-state index contributed by atoms with van der Waals surface area (Å²) >= 11 is 3.56. The van der Waals surface area contributed by atoms with E-state index < -0.39 is 23.4 Å². The number of likely N-dealkylation sites (tertiary alicyclic amines) is 1. The maximum Gasteiger partial charge on any atom is 0.416 e. The van der Waals surface area contributed by atoms with E-state index in [1.807, 2.05) is 45.0 Å². The van der Waals surface area contributed by atoms with Crippen LogP contribution in [0.5, 0.6) is 5.75 Å². The number of nitrogens with zero attached hydrogens (tertiary/aromatic N) is 1. The third-order valence-electron chi connectivity index (χ3n) is 5.45. The third-order valence-corrected chi connectivity index (χ3v) is 6.18. The second kappa shape index (κ2) is 10.4. The van der Waals surface area contributed by atoms with Crippen molar-refractivity contribution >= 4 is 22.0 Å². The first kappa shape index (κ1) is 25.4. The number of ether oxygens (including phenoxy) is 2. The molecule has 1 heterocycles. The van der Waals surface area contributed by atoms with Gasteiger partial charge in [0.25, 0.3) is 0 Å². The SMILES string of the molecule is CC(C)(C)OC(=O)N1CCCC[C@@H]1C[C@@H](Oc1ccc(C(F)(F)F)cc1)c1ccccc1Br. The van der Waals surface area contributed by atoms with Gasteiger partial charge in [-0.1, -0.05) is 34.1 Å². The molecule has 2 atom stereocenters. The van der Waals surface area contributed by atoms with E-state index >= 15 is 0 Å². The Morgan fingerprint density at radius 3 is 2.36 bits per heavy atom. The zero-order valence-electron chi connectivity index (χ0n) is 19.0. The average Bonchev–Trinajstić information content (AvgIpc) is 2.72. The predicted octanol–water partition coefficient (Wildman–Crippen LogP) is 7.77. The summed E-state index contributed by atoms with van der Waals surface area (Å²) in [5.41, 5.74) is -0.458. The lowest BCUT2D eigenvalue weighted by molar-refractivity contribution is -0.137. The van der Waals surface area contributed by atoms with Gasteiger partial charge in [0, 0.05) is 29.0 Å². The molecular formula is C25H29BrF3NO3. The highest BCUT2D eigenvalue weighted by molar-refractivity contribution is 9.10. The number of alkyl halides is 3. The largest absolute Gasteiger partial charge is 0.486 e. The summed E-state index contributed by atoms with van der Waals surface area (Å²) in [6.45, 7) is 6.10. The van der Waals surface area contributed by atoms with Crippen LogP contribution in [0.1, 0.15) is 63.7 Å². The number of carbonyl (C=O) groups is 1. The fourth-order valence-electron chi connectivity index (χ4n) is 3.92. The summed E-state index contributed by atoms with van der Waals surface area (Å²) in [6.07, 6.45) is -2.06. The number of rotatable bonds is 5. The molecular weight excluding hydrogens is 499 g/mol. The van der Waals surface area contributed by atoms with Crippen molar-refractivity contribution in [3.63, 3.8) is 0 Å². The van der Waals surface area contributed by atoms with E-state index in [1.54, 1.807) is 4.90 Å². The molecule has 0 radical (unpaired) electrons. The molecule has 1 saturated heterocycles. The summed E-state index contributed by atoms with van der Waals surface area (Å²) in [5, 5.41) is 0. The van der Waals surface area contributed by atoms with Crippen LogP contribution >= 0.6 is 15.9 Å². The van der Waals surface area contributed by atoms with Crippen LogP contribution in [0, 0.1) is 0 Å². The van der Waals surface area contributed by atoms with Crippen LogP contribution in [0.4, 0.5) is 18.0 Å². The van der Waals surface area contributed by atoms with Crippen molar-refractivity contribution in [3.05, 3.63) is 64.1 Å². The first-order valence-corrected chi connectivity index (χ1v) is 11.8. The monoisotopic (exact) mass is 527 g/mol. The van der Waals surface area contributed by atoms with E-state index in [4.69, 9.17) is 9.47 Å². The van der Waals surface area contributed by atoms with Crippen molar-refractivity contribution in [2.75, 3.05) is 6.54 Å². The lowest BCUT2D eigenvalue weighted by atomic mass is 9.94. The van der Waals surface area contributed by atoms with E-state index in [0.29, 0.717) is 18.7 Å².